The van der Waals surface area contributed by atoms with E-state index in [-0.39, 0.29) is 37.2 Å². The zero-order valence-electron chi connectivity index (χ0n) is 10.5. The zero-order chi connectivity index (χ0) is 13.2. The fourth-order valence-corrected chi connectivity index (χ4v) is 4.45. The lowest BCUT2D eigenvalue weighted by Crippen LogP contribution is -2.43. The van der Waals surface area contributed by atoms with Gasteiger partial charge in [-0.15, -0.1) is 0 Å². The van der Waals surface area contributed by atoms with Crippen molar-refractivity contribution < 1.29 is 23.4 Å². The maximum absolute atomic E-state index is 11.5. The van der Waals surface area contributed by atoms with Crippen molar-refractivity contribution in [1.82, 2.24) is 0 Å². The first-order chi connectivity index (χ1) is 8.51. The van der Waals surface area contributed by atoms with E-state index in [2.05, 4.69) is 0 Å². The minimum Gasteiger partial charge on any atom is -0.396 e. The summed E-state index contributed by atoms with van der Waals surface area (Å²) in [5.74, 6) is 0.632. The van der Waals surface area contributed by atoms with Crippen molar-refractivity contribution in [2.45, 2.75) is 19.3 Å². The minimum atomic E-state index is -3.01. The van der Waals surface area contributed by atoms with E-state index in [9.17, 15) is 18.6 Å². The summed E-state index contributed by atoms with van der Waals surface area (Å²) in [6.07, 6.45) is 2.88. The molecule has 1 aliphatic carbocycles. The van der Waals surface area contributed by atoms with Gasteiger partial charge in [0.05, 0.1) is 31.3 Å². The van der Waals surface area contributed by atoms with Crippen molar-refractivity contribution in [2.24, 2.45) is 17.3 Å². The predicted octanol–water partition coefficient (Wildman–Crippen LogP) is -0.181. The summed E-state index contributed by atoms with van der Waals surface area (Å²) >= 11 is 0. The molecule has 0 amide bonds. The summed E-state index contributed by atoms with van der Waals surface area (Å²) in [5, 5.41) is 19.1. The van der Waals surface area contributed by atoms with Crippen molar-refractivity contribution in [2.75, 3.05) is 37.9 Å². The number of ether oxygens (including phenoxy) is 1. The van der Waals surface area contributed by atoms with E-state index >= 15 is 0 Å². The fourth-order valence-electron chi connectivity index (χ4n) is 2.51. The molecule has 0 aromatic rings. The van der Waals surface area contributed by atoms with Crippen LogP contribution in [0.4, 0.5) is 0 Å². The smallest absolute Gasteiger partial charge is 0.150 e. The first-order valence-electron chi connectivity index (χ1n) is 6.51. The highest BCUT2D eigenvalue weighted by Crippen LogP contribution is 2.37. The second-order valence-electron chi connectivity index (χ2n) is 5.74. The lowest BCUT2D eigenvalue weighted by molar-refractivity contribution is -0.0599. The van der Waals surface area contributed by atoms with Crippen LogP contribution >= 0.6 is 0 Å². The maximum atomic E-state index is 11.5. The molecule has 1 aliphatic heterocycles. The van der Waals surface area contributed by atoms with Crippen LogP contribution in [0.1, 0.15) is 19.3 Å². The quantitative estimate of drug-likeness (QED) is 0.675. The Hall–Kier alpha value is -0.170. The highest BCUT2D eigenvalue weighted by atomic mass is 32.2. The summed E-state index contributed by atoms with van der Waals surface area (Å²) < 4.78 is 28.6. The molecule has 1 saturated heterocycles. The van der Waals surface area contributed by atoms with Gasteiger partial charge < -0.3 is 14.9 Å². The van der Waals surface area contributed by atoms with Crippen LogP contribution in [0.3, 0.4) is 0 Å². The molecule has 1 saturated carbocycles. The van der Waals surface area contributed by atoms with Gasteiger partial charge in [0.2, 0.25) is 0 Å². The highest BCUT2D eigenvalue weighted by molar-refractivity contribution is 7.91. The fraction of sp³-hybridized carbons (Fsp3) is 1.00. The molecule has 18 heavy (non-hydrogen) atoms. The lowest BCUT2D eigenvalue weighted by atomic mass is 9.77. The monoisotopic (exact) mass is 278 g/mol. The van der Waals surface area contributed by atoms with Crippen molar-refractivity contribution in [3.8, 4) is 0 Å². The number of hydrogen-bond acceptors (Lipinski definition) is 5. The molecule has 1 unspecified atom stereocenters. The minimum absolute atomic E-state index is 0.0565. The van der Waals surface area contributed by atoms with E-state index < -0.39 is 15.3 Å². The van der Waals surface area contributed by atoms with Crippen molar-refractivity contribution in [3.63, 3.8) is 0 Å². The van der Waals surface area contributed by atoms with Gasteiger partial charge in [-0.3, -0.25) is 0 Å². The van der Waals surface area contributed by atoms with Crippen LogP contribution in [0, 0.1) is 17.3 Å². The van der Waals surface area contributed by atoms with Crippen LogP contribution in [0.5, 0.6) is 0 Å². The van der Waals surface area contributed by atoms with Gasteiger partial charge in [-0.25, -0.2) is 8.42 Å². The molecule has 2 rings (SSSR count). The molecular weight excluding hydrogens is 256 g/mol. The van der Waals surface area contributed by atoms with Crippen LogP contribution < -0.4 is 0 Å². The third-order valence-corrected chi connectivity index (χ3v) is 5.94. The zero-order valence-corrected chi connectivity index (χ0v) is 11.4. The summed E-state index contributed by atoms with van der Waals surface area (Å²) in [5.41, 5.74) is -0.807. The second-order valence-corrected chi connectivity index (χ2v) is 7.97. The topological polar surface area (TPSA) is 83.8 Å². The molecule has 6 heteroatoms. The summed E-state index contributed by atoms with van der Waals surface area (Å²) in [6, 6.07) is 0. The van der Waals surface area contributed by atoms with Crippen LogP contribution in [0.2, 0.25) is 0 Å². The van der Waals surface area contributed by atoms with Gasteiger partial charge in [0, 0.05) is 12.0 Å². The van der Waals surface area contributed by atoms with E-state index in [4.69, 9.17) is 4.74 Å². The summed E-state index contributed by atoms with van der Waals surface area (Å²) in [4.78, 5) is 0. The molecule has 0 bridgehead atoms. The van der Waals surface area contributed by atoms with Crippen LogP contribution in [0.25, 0.3) is 0 Å². The Kier molecular flexibility index (Phi) is 4.31. The number of aliphatic hydroxyl groups is 2. The third-order valence-electron chi connectivity index (χ3n) is 4.17. The standard InChI is InChI=1S/C12H22O5S/c13-7-12(8-14,9-17-5-10-1-2-10)11-3-4-18(15,16)6-11/h10-11,13-14H,1-9H2. The molecule has 0 radical (unpaired) electrons. The molecule has 2 N–H and O–H groups in total. The Morgan fingerprint density at radius 2 is 1.83 bits per heavy atom. The van der Waals surface area contributed by atoms with Gasteiger partial charge in [-0.2, -0.15) is 0 Å². The van der Waals surface area contributed by atoms with Gasteiger partial charge in [-0.05, 0) is 31.1 Å². The Morgan fingerprint density at radius 3 is 2.28 bits per heavy atom. The number of aliphatic hydroxyl groups excluding tert-OH is 2. The molecule has 0 aromatic carbocycles. The van der Waals surface area contributed by atoms with E-state index in [1.807, 2.05) is 0 Å². The maximum Gasteiger partial charge on any atom is 0.150 e. The SMILES string of the molecule is O=S1(=O)CCC(C(CO)(CO)COCC2CC2)C1. The average Bonchev–Trinajstić information content (AvgIpc) is 3.09. The van der Waals surface area contributed by atoms with E-state index in [1.165, 1.54) is 12.8 Å². The number of hydrogen-bond donors (Lipinski definition) is 2. The first kappa shape index (κ1) is 14.2. The number of rotatable bonds is 7. The summed E-state index contributed by atoms with van der Waals surface area (Å²) in [6.45, 7) is 0.445. The highest BCUT2D eigenvalue weighted by Gasteiger charge is 2.44. The molecule has 1 heterocycles. The van der Waals surface area contributed by atoms with Gasteiger partial charge in [0.25, 0.3) is 0 Å². The Balaban J connectivity index is 1.95. The van der Waals surface area contributed by atoms with E-state index in [1.54, 1.807) is 0 Å². The molecular formula is C12H22O5S. The molecule has 0 spiro atoms. The molecule has 5 nitrogen and oxygen atoms in total. The second kappa shape index (κ2) is 5.45. The molecule has 2 fully saturated rings. The third kappa shape index (κ3) is 3.23. The summed E-state index contributed by atoms with van der Waals surface area (Å²) in [7, 11) is -3.01. The van der Waals surface area contributed by atoms with Gasteiger partial charge >= 0.3 is 0 Å². The van der Waals surface area contributed by atoms with Crippen LogP contribution in [-0.4, -0.2) is 56.6 Å². The molecule has 2 aliphatic rings. The van der Waals surface area contributed by atoms with Gasteiger partial charge in [0.1, 0.15) is 0 Å². The van der Waals surface area contributed by atoms with Crippen LogP contribution in [0.15, 0.2) is 0 Å². The normalized spacial score (nSPS) is 27.6. The Bertz CT molecular complexity index is 370. The first-order valence-corrected chi connectivity index (χ1v) is 8.33. The van der Waals surface area contributed by atoms with Crippen molar-refractivity contribution in [1.29, 1.82) is 0 Å². The average molecular weight is 278 g/mol. The largest absolute Gasteiger partial charge is 0.396 e. The van der Waals surface area contributed by atoms with E-state index in [0.717, 1.165) is 0 Å². The lowest BCUT2D eigenvalue weighted by Gasteiger charge is -2.34. The predicted molar refractivity (Wildman–Crippen MR) is 66.9 cm³/mol. The van der Waals surface area contributed by atoms with Crippen molar-refractivity contribution >= 4 is 9.84 Å². The van der Waals surface area contributed by atoms with Gasteiger partial charge in [0.15, 0.2) is 9.84 Å². The Labute approximate surface area is 108 Å². The molecule has 0 aromatic heterocycles. The molecule has 106 valence electrons. The molecule has 1 atom stereocenters. The van der Waals surface area contributed by atoms with E-state index in [0.29, 0.717) is 18.9 Å². The Morgan fingerprint density at radius 1 is 1.17 bits per heavy atom. The van der Waals surface area contributed by atoms with Crippen LogP contribution in [-0.2, 0) is 14.6 Å². The number of sulfone groups is 1. The van der Waals surface area contributed by atoms with Crippen molar-refractivity contribution in [3.05, 3.63) is 0 Å². The van der Waals surface area contributed by atoms with Gasteiger partial charge in [-0.1, -0.05) is 0 Å².